The quantitative estimate of drug-likeness (QED) is 0.439. The van der Waals surface area contributed by atoms with Crippen molar-refractivity contribution in [3.8, 4) is 0 Å². The average Bonchev–Trinajstić information content (AvgIpc) is 2.59. The largest absolute Gasteiger partial charge is 0.461 e. The summed E-state index contributed by atoms with van der Waals surface area (Å²) in [4.78, 5) is 16.4. The fraction of sp³-hybridized carbons (Fsp3) is 0.235. The number of rotatable bonds is 8. The summed E-state index contributed by atoms with van der Waals surface area (Å²) in [5, 5.41) is 0. The minimum Gasteiger partial charge on any atom is -0.461 e. The number of benzene rings is 2. The molecule has 8 heteroatoms. The van der Waals surface area contributed by atoms with E-state index in [4.69, 9.17) is 9.29 Å². The number of carbonyl (C=O) groups excluding carboxylic acids is 1. The van der Waals surface area contributed by atoms with Crippen LogP contribution >= 0.6 is 0 Å². The van der Waals surface area contributed by atoms with Crippen molar-refractivity contribution in [1.82, 2.24) is 0 Å². The van der Waals surface area contributed by atoms with E-state index >= 15 is 0 Å². The predicted octanol–water partition coefficient (Wildman–Crippen LogP) is 2.53. The summed E-state index contributed by atoms with van der Waals surface area (Å²) < 4.78 is 36.9. The molecule has 0 atom stereocenters. The van der Waals surface area contributed by atoms with Gasteiger partial charge in [0.15, 0.2) is 0 Å². The van der Waals surface area contributed by atoms with Crippen LogP contribution < -0.4 is 4.47 Å². The number of hydrogen-bond donors (Lipinski definition) is 1. The summed E-state index contributed by atoms with van der Waals surface area (Å²) in [5.41, 5.74) is 1.90. The number of esters is 1. The van der Waals surface area contributed by atoms with Crippen LogP contribution in [0.2, 0.25) is 0 Å². The topological polar surface area (TPSA) is 93.1 Å². The smallest absolute Gasteiger partial charge is 0.382 e. The van der Waals surface area contributed by atoms with E-state index in [9.17, 15) is 13.2 Å². The summed E-state index contributed by atoms with van der Waals surface area (Å²) in [6, 6.07) is 15.6. The normalized spacial score (nSPS) is 11.1. The van der Waals surface area contributed by atoms with Gasteiger partial charge in [0.2, 0.25) is 0 Å². The third-order valence-electron chi connectivity index (χ3n) is 3.38. The molecule has 134 valence electrons. The number of hydrogen-bond acceptors (Lipinski definition) is 5. The fourth-order valence-corrected chi connectivity index (χ4v) is 2.75. The van der Waals surface area contributed by atoms with E-state index < -0.39 is 10.3 Å². The zero-order valence-electron chi connectivity index (χ0n) is 13.7. The molecule has 2 rings (SSSR count). The van der Waals surface area contributed by atoms with Gasteiger partial charge in [-0.25, -0.2) is 0 Å². The lowest BCUT2D eigenvalue weighted by Crippen LogP contribution is -2.28. The van der Waals surface area contributed by atoms with Crippen molar-refractivity contribution >= 4 is 22.0 Å². The van der Waals surface area contributed by atoms with Gasteiger partial charge in [0, 0.05) is 6.42 Å². The van der Waals surface area contributed by atoms with Crippen molar-refractivity contribution in [2.45, 2.75) is 19.4 Å². The van der Waals surface area contributed by atoms with Crippen LogP contribution in [0.1, 0.15) is 17.5 Å². The van der Waals surface area contributed by atoms with Gasteiger partial charge in [-0.3, -0.25) is 14.2 Å². The Morgan fingerprint density at radius 2 is 1.68 bits per heavy atom. The molecule has 25 heavy (non-hydrogen) atoms. The number of nitrogens with zero attached hydrogens (tertiary/aromatic N) is 1. The van der Waals surface area contributed by atoms with Crippen LogP contribution in [-0.4, -0.2) is 26.0 Å². The third-order valence-corrected chi connectivity index (χ3v) is 4.16. The summed E-state index contributed by atoms with van der Waals surface area (Å²) in [6.45, 7) is 0.232. The highest BCUT2D eigenvalue weighted by Crippen LogP contribution is 2.19. The van der Waals surface area contributed by atoms with Gasteiger partial charge in [0.05, 0.1) is 12.8 Å². The van der Waals surface area contributed by atoms with E-state index in [1.807, 2.05) is 30.3 Å². The van der Waals surface area contributed by atoms with E-state index in [0.29, 0.717) is 10.9 Å². The molecule has 0 spiro atoms. The van der Waals surface area contributed by atoms with Crippen molar-refractivity contribution in [2.24, 2.45) is 0 Å². The van der Waals surface area contributed by atoms with E-state index in [1.165, 1.54) is 12.1 Å². The van der Waals surface area contributed by atoms with Gasteiger partial charge in [0.1, 0.15) is 6.61 Å². The first-order chi connectivity index (χ1) is 11.9. The summed E-state index contributed by atoms with van der Waals surface area (Å²) in [6.07, 6.45) is 0.658. The van der Waals surface area contributed by atoms with Crippen molar-refractivity contribution in [3.05, 3.63) is 65.7 Å². The van der Waals surface area contributed by atoms with Crippen LogP contribution in [-0.2, 0) is 37.7 Å². The van der Waals surface area contributed by atoms with Crippen LogP contribution in [0.25, 0.3) is 0 Å². The monoisotopic (exact) mass is 365 g/mol. The lowest BCUT2D eigenvalue weighted by Gasteiger charge is -2.17. The molecule has 0 aliphatic heterocycles. The van der Waals surface area contributed by atoms with Crippen LogP contribution in [0.15, 0.2) is 54.6 Å². The first kappa shape index (κ1) is 18.9. The Morgan fingerprint density at radius 3 is 2.24 bits per heavy atom. The molecule has 7 nitrogen and oxygen atoms in total. The second kappa shape index (κ2) is 8.61. The van der Waals surface area contributed by atoms with Gasteiger partial charge in [0.25, 0.3) is 0 Å². The molecule has 0 saturated carbocycles. The highest BCUT2D eigenvalue weighted by Gasteiger charge is 2.19. The predicted molar refractivity (Wildman–Crippen MR) is 92.0 cm³/mol. The number of carbonyl (C=O) groups is 1. The van der Waals surface area contributed by atoms with Crippen molar-refractivity contribution in [3.63, 3.8) is 0 Å². The first-order valence-corrected chi connectivity index (χ1v) is 8.90. The summed E-state index contributed by atoms with van der Waals surface area (Å²) in [7, 11) is -3.37. The molecular formula is C17H19NO6S. The molecule has 0 fully saturated rings. The zero-order chi connectivity index (χ0) is 18.3. The fourth-order valence-electron chi connectivity index (χ4n) is 2.17. The molecule has 0 aliphatic rings. The van der Waals surface area contributed by atoms with Crippen LogP contribution in [0, 0.1) is 0 Å². The second-order valence-electron chi connectivity index (χ2n) is 5.20. The average molecular weight is 365 g/mol. The standard InChI is InChI=1S/C17H19NO6S/c1-23-18(25(20,21)22)16-10-7-14(8-11-16)9-12-17(19)24-13-15-5-3-2-4-6-15/h2-8,10-11H,9,12-13H2,1H3,(H,20,21,22). The second-order valence-corrected chi connectivity index (χ2v) is 6.43. The maximum atomic E-state index is 11.8. The SMILES string of the molecule is CON(c1ccc(CCC(=O)OCc2ccccc2)cc1)S(=O)(=O)O. The molecule has 0 saturated heterocycles. The van der Waals surface area contributed by atoms with Gasteiger partial charge in [-0.05, 0) is 29.7 Å². The van der Waals surface area contributed by atoms with Crippen molar-refractivity contribution in [1.29, 1.82) is 0 Å². The molecule has 0 aromatic heterocycles. The maximum Gasteiger partial charge on any atom is 0.382 e. The maximum absolute atomic E-state index is 11.8. The van der Waals surface area contributed by atoms with Crippen LogP contribution in [0.5, 0.6) is 0 Å². The van der Waals surface area contributed by atoms with E-state index in [1.54, 1.807) is 12.1 Å². The van der Waals surface area contributed by atoms with Gasteiger partial charge in [-0.1, -0.05) is 42.5 Å². The molecule has 2 aromatic carbocycles. The number of aryl methyl sites for hydroxylation is 1. The highest BCUT2D eigenvalue weighted by atomic mass is 32.2. The summed E-state index contributed by atoms with van der Waals surface area (Å²) in [5.74, 6) is -0.315. The van der Waals surface area contributed by atoms with Crippen molar-refractivity contribution in [2.75, 3.05) is 11.6 Å². The Morgan fingerprint density at radius 1 is 1.04 bits per heavy atom. The molecule has 0 amide bonds. The molecule has 0 radical (unpaired) electrons. The van der Waals surface area contributed by atoms with Gasteiger partial charge < -0.3 is 4.74 Å². The zero-order valence-corrected chi connectivity index (χ0v) is 14.5. The molecule has 1 N–H and O–H groups in total. The molecule has 0 heterocycles. The number of ether oxygens (including phenoxy) is 1. The molecular weight excluding hydrogens is 346 g/mol. The lowest BCUT2D eigenvalue weighted by molar-refractivity contribution is -0.144. The van der Waals surface area contributed by atoms with Crippen LogP contribution in [0.3, 0.4) is 0 Å². The Balaban J connectivity index is 1.86. The summed E-state index contributed by atoms with van der Waals surface area (Å²) >= 11 is 0. The Labute approximate surface area is 146 Å². The third kappa shape index (κ3) is 5.86. The van der Waals surface area contributed by atoms with Crippen LogP contribution in [0.4, 0.5) is 5.69 Å². The highest BCUT2D eigenvalue weighted by molar-refractivity contribution is 7.87. The van der Waals surface area contributed by atoms with Gasteiger partial charge >= 0.3 is 16.3 Å². The van der Waals surface area contributed by atoms with Gasteiger partial charge in [-0.2, -0.15) is 8.42 Å². The number of anilines is 1. The van der Waals surface area contributed by atoms with E-state index in [-0.39, 0.29) is 24.7 Å². The van der Waals surface area contributed by atoms with Crippen molar-refractivity contribution < 1.29 is 27.3 Å². The Hall–Kier alpha value is -2.42. The lowest BCUT2D eigenvalue weighted by atomic mass is 10.1. The molecule has 0 aliphatic carbocycles. The molecule has 0 bridgehead atoms. The molecule has 2 aromatic rings. The Bertz CT molecular complexity index is 790. The van der Waals surface area contributed by atoms with Gasteiger partial charge in [-0.15, -0.1) is 4.47 Å². The molecule has 0 unspecified atom stereocenters. The van der Waals surface area contributed by atoms with E-state index in [0.717, 1.165) is 18.2 Å². The Kier molecular flexibility index (Phi) is 6.51. The minimum atomic E-state index is -4.50. The van der Waals surface area contributed by atoms with E-state index in [2.05, 4.69) is 4.84 Å². The first-order valence-electron chi connectivity index (χ1n) is 7.50. The minimum absolute atomic E-state index is 0.153.